The molecule has 200 valence electrons. The zero-order valence-electron chi connectivity index (χ0n) is 23.0. The highest BCUT2D eigenvalue weighted by Crippen LogP contribution is 2.44. The summed E-state index contributed by atoms with van der Waals surface area (Å²) >= 11 is 0. The van der Waals surface area contributed by atoms with Crippen LogP contribution in [-0.4, -0.2) is 23.5 Å². The van der Waals surface area contributed by atoms with Gasteiger partial charge in [0, 0.05) is 73.9 Å². The van der Waals surface area contributed by atoms with Crippen LogP contribution in [0.25, 0.3) is 82.3 Å². The van der Waals surface area contributed by atoms with E-state index < -0.39 is 0 Å². The van der Waals surface area contributed by atoms with Crippen molar-refractivity contribution in [3.63, 3.8) is 0 Å². The topological polar surface area (TPSA) is 40.1 Å². The van der Waals surface area contributed by atoms with E-state index >= 15 is 0 Å². The second-order valence-corrected chi connectivity index (χ2v) is 11.1. The van der Waals surface area contributed by atoms with Crippen molar-refractivity contribution in [1.29, 1.82) is 0 Å². The molecular formula is C38H23N5. The molecule has 43 heavy (non-hydrogen) atoms. The second kappa shape index (κ2) is 8.30. The first-order valence-corrected chi connectivity index (χ1v) is 14.5. The van der Waals surface area contributed by atoms with E-state index in [-0.39, 0.29) is 0 Å². The van der Waals surface area contributed by atoms with Gasteiger partial charge in [0.05, 0.1) is 27.6 Å². The van der Waals surface area contributed by atoms with E-state index in [1.54, 1.807) is 0 Å². The van der Waals surface area contributed by atoms with Crippen LogP contribution in [0.1, 0.15) is 0 Å². The quantitative estimate of drug-likeness (QED) is 0.202. The highest BCUT2D eigenvalue weighted by molar-refractivity contribution is 6.30. The van der Waals surface area contributed by atoms with Crippen molar-refractivity contribution in [2.45, 2.75) is 0 Å². The lowest BCUT2D eigenvalue weighted by molar-refractivity contribution is 1.17. The van der Waals surface area contributed by atoms with Crippen LogP contribution in [0, 0.1) is 0 Å². The van der Waals surface area contributed by atoms with Gasteiger partial charge < -0.3 is 9.13 Å². The maximum atomic E-state index is 4.81. The number of hydrogen-bond donors (Lipinski definition) is 0. The first kappa shape index (κ1) is 22.7. The van der Waals surface area contributed by atoms with E-state index in [1.165, 1.54) is 38.1 Å². The molecule has 5 aromatic carbocycles. The molecule has 0 saturated carbocycles. The molecule has 10 aromatic rings. The zero-order valence-corrected chi connectivity index (χ0v) is 23.0. The molecule has 0 spiro atoms. The molecule has 0 bridgehead atoms. The Bertz CT molecular complexity index is 2710. The summed E-state index contributed by atoms with van der Waals surface area (Å²) in [4.78, 5) is 9.33. The summed E-state index contributed by atoms with van der Waals surface area (Å²) in [5.41, 5.74) is 9.09. The Labute approximate surface area is 245 Å². The van der Waals surface area contributed by atoms with Crippen LogP contribution in [0.4, 0.5) is 0 Å². The summed E-state index contributed by atoms with van der Waals surface area (Å²) in [6.45, 7) is 0. The smallest absolute Gasteiger partial charge is 0.145 e. The van der Waals surface area contributed by atoms with Crippen molar-refractivity contribution < 1.29 is 0 Å². The van der Waals surface area contributed by atoms with Crippen molar-refractivity contribution in [2.75, 3.05) is 0 Å². The highest BCUT2D eigenvalue weighted by Gasteiger charge is 2.23. The van der Waals surface area contributed by atoms with E-state index in [0.717, 1.165) is 44.2 Å². The minimum absolute atomic E-state index is 0.938. The Morgan fingerprint density at radius 3 is 1.93 bits per heavy atom. The summed E-state index contributed by atoms with van der Waals surface area (Å²) in [5.74, 6) is 0. The van der Waals surface area contributed by atoms with Gasteiger partial charge in [-0.2, -0.15) is 0 Å². The average molecular weight is 550 g/mol. The molecule has 0 radical (unpaired) electrons. The standard InChI is InChI=1S/C38H23N5/c1-3-9-24(10-4-1)42-32-14-8-7-13-30(32)34-33(42)18-17-26-27-15-16-28-31-23-39-20-19-29(31)38-40-21-22-41(38)36(28)37(27)43(35(26)34)25-11-5-2-6-12-25/h1-23H. The molecule has 0 aliphatic carbocycles. The molecule has 0 aliphatic heterocycles. The Morgan fingerprint density at radius 2 is 1.12 bits per heavy atom. The predicted octanol–water partition coefficient (Wildman–Crippen LogP) is 9.23. The second-order valence-electron chi connectivity index (χ2n) is 11.1. The molecule has 0 fully saturated rings. The first-order chi connectivity index (χ1) is 21.4. The summed E-state index contributed by atoms with van der Waals surface area (Å²) < 4.78 is 7.12. The van der Waals surface area contributed by atoms with Crippen molar-refractivity contribution in [1.82, 2.24) is 23.5 Å². The Morgan fingerprint density at radius 1 is 0.442 bits per heavy atom. The van der Waals surface area contributed by atoms with E-state index in [9.17, 15) is 0 Å². The fourth-order valence-electron chi connectivity index (χ4n) is 7.27. The van der Waals surface area contributed by atoms with Gasteiger partial charge in [-0.1, -0.05) is 72.8 Å². The molecule has 10 rings (SSSR count). The number of para-hydroxylation sites is 3. The summed E-state index contributed by atoms with van der Waals surface area (Å²) in [7, 11) is 0. The molecule has 5 nitrogen and oxygen atoms in total. The number of rotatable bonds is 2. The third-order valence-electron chi connectivity index (χ3n) is 8.96. The number of nitrogens with zero attached hydrogens (tertiary/aromatic N) is 5. The van der Waals surface area contributed by atoms with Gasteiger partial charge in [0.25, 0.3) is 0 Å². The fourth-order valence-corrected chi connectivity index (χ4v) is 7.27. The molecule has 5 heteroatoms. The number of pyridine rings is 2. The SMILES string of the molecule is c1ccc(-n2c3ccccc3c3c2ccc2c4ccc5c6cnccc6c6nccn6c5c4n(-c4ccccc4)c23)cc1. The third kappa shape index (κ3) is 2.90. The third-order valence-corrected chi connectivity index (χ3v) is 8.96. The van der Waals surface area contributed by atoms with E-state index in [2.05, 4.69) is 140 Å². The van der Waals surface area contributed by atoms with Crippen molar-refractivity contribution in [3.8, 4) is 11.4 Å². The lowest BCUT2D eigenvalue weighted by atomic mass is 10.0. The lowest BCUT2D eigenvalue weighted by Gasteiger charge is -2.13. The van der Waals surface area contributed by atoms with Crippen LogP contribution in [0.2, 0.25) is 0 Å². The normalized spacial score (nSPS) is 12.2. The van der Waals surface area contributed by atoms with Crippen LogP contribution in [0.15, 0.2) is 140 Å². The van der Waals surface area contributed by atoms with Crippen LogP contribution in [-0.2, 0) is 0 Å². The molecule has 0 amide bonds. The van der Waals surface area contributed by atoms with Crippen molar-refractivity contribution >= 4 is 70.9 Å². The summed E-state index contributed by atoms with van der Waals surface area (Å²) in [6, 6.07) is 41.4. The van der Waals surface area contributed by atoms with Gasteiger partial charge in [-0.15, -0.1) is 0 Å². The number of hydrogen-bond acceptors (Lipinski definition) is 2. The van der Waals surface area contributed by atoms with Gasteiger partial charge >= 0.3 is 0 Å². The van der Waals surface area contributed by atoms with Gasteiger partial charge in [-0.05, 0) is 42.5 Å². The van der Waals surface area contributed by atoms with Crippen molar-refractivity contribution in [2.24, 2.45) is 0 Å². The van der Waals surface area contributed by atoms with Crippen LogP contribution < -0.4 is 0 Å². The molecular weight excluding hydrogens is 526 g/mol. The maximum Gasteiger partial charge on any atom is 0.145 e. The maximum absolute atomic E-state index is 4.81. The molecule has 5 aromatic heterocycles. The van der Waals surface area contributed by atoms with Gasteiger partial charge in [-0.25, -0.2) is 4.98 Å². The molecule has 0 atom stereocenters. The van der Waals surface area contributed by atoms with Crippen LogP contribution >= 0.6 is 0 Å². The van der Waals surface area contributed by atoms with Gasteiger partial charge in [0.15, 0.2) is 0 Å². The predicted molar refractivity (Wildman–Crippen MR) is 177 cm³/mol. The van der Waals surface area contributed by atoms with Gasteiger partial charge in [0.1, 0.15) is 5.65 Å². The minimum Gasteiger partial charge on any atom is -0.309 e. The highest BCUT2D eigenvalue weighted by atomic mass is 15.0. The summed E-state index contributed by atoms with van der Waals surface area (Å²) in [5, 5.41) is 8.28. The van der Waals surface area contributed by atoms with E-state index in [1.807, 2.05) is 18.6 Å². The molecule has 5 heterocycles. The van der Waals surface area contributed by atoms with Gasteiger partial charge in [-0.3, -0.25) is 9.38 Å². The minimum atomic E-state index is 0.938. The fraction of sp³-hybridized carbons (Fsp3) is 0. The molecule has 0 unspecified atom stereocenters. The van der Waals surface area contributed by atoms with Gasteiger partial charge in [0.2, 0.25) is 0 Å². The van der Waals surface area contributed by atoms with Crippen LogP contribution in [0.5, 0.6) is 0 Å². The average Bonchev–Trinajstić information content (AvgIpc) is 3.78. The molecule has 0 saturated heterocycles. The Hall–Kier alpha value is -5.94. The first-order valence-electron chi connectivity index (χ1n) is 14.5. The number of imidazole rings is 1. The summed E-state index contributed by atoms with van der Waals surface area (Å²) in [6.07, 6.45) is 7.80. The number of fused-ring (bicyclic) bond motifs is 14. The Balaban J connectivity index is 1.52. The molecule has 0 aliphatic rings. The van der Waals surface area contributed by atoms with E-state index in [4.69, 9.17) is 4.98 Å². The van der Waals surface area contributed by atoms with E-state index in [0.29, 0.717) is 0 Å². The van der Waals surface area contributed by atoms with Crippen LogP contribution in [0.3, 0.4) is 0 Å². The largest absolute Gasteiger partial charge is 0.309 e. The van der Waals surface area contributed by atoms with Crippen molar-refractivity contribution in [3.05, 3.63) is 140 Å². The number of aromatic nitrogens is 5. The monoisotopic (exact) mass is 549 g/mol. The zero-order chi connectivity index (χ0) is 28.1. The molecule has 0 N–H and O–H groups in total. The number of benzene rings is 5. The lowest BCUT2D eigenvalue weighted by Crippen LogP contribution is -1.98. The Kier molecular flexibility index (Phi) is 4.39.